The second-order valence-corrected chi connectivity index (χ2v) is 9.73. The highest BCUT2D eigenvalue weighted by Gasteiger charge is 2.41. The van der Waals surface area contributed by atoms with Gasteiger partial charge in [-0.3, -0.25) is 4.79 Å². The van der Waals surface area contributed by atoms with Crippen LogP contribution in [0.25, 0.3) is 22.0 Å². The molecule has 1 aliphatic heterocycles. The number of imidazole rings is 1. The molecule has 4 rings (SSSR count). The van der Waals surface area contributed by atoms with Gasteiger partial charge >= 0.3 is 6.09 Å². The molecule has 34 heavy (non-hydrogen) atoms. The number of aromatic amines is 1. The molecule has 0 saturated carbocycles. The molecule has 176 valence electrons. The fourth-order valence-corrected chi connectivity index (χ4v) is 4.73. The average Bonchev–Trinajstić information content (AvgIpc) is 3.48. The molecule has 3 unspecified atom stereocenters. The summed E-state index contributed by atoms with van der Waals surface area (Å²) in [4.78, 5) is 34.8. The maximum absolute atomic E-state index is 13.4. The third-order valence-corrected chi connectivity index (χ3v) is 6.68. The Balaban J connectivity index is 1.62. The van der Waals surface area contributed by atoms with Crippen molar-refractivity contribution in [3.05, 3.63) is 52.9 Å². The standard InChI is InChI=1S/C25H26BrN5O3/c1-14(2)22(30-25(33)34-3)24(32)31-13-15(11-27)8-21(31)23-28-12-20(29-23)18-5-4-17-10-19(26)7-6-16(17)9-18/h4-7,9-10,12,14-15,21-22H,8,13H2,1-3H3,(H,28,29)(H,30,33). The number of nitrogens with one attached hydrogen (secondary N) is 2. The van der Waals surface area contributed by atoms with Crippen LogP contribution in [0, 0.1) is 23.2 Å². The Hall–Kier alpha value is -3.38. The monoisotopic (exact) mass is 523 g/mol. The fraction of sp³-hybridized carbons (Fsp3) is 0.360. The summed E-state index contributed by atoms with van der Waals surface area (Å²) in [7, 11) is 1.26. The van der Waals surface area contributed by atoms with Gasteiger partial charge in [0.25, 0.3) is 0 Å². The summed E-state index contributed by atoms with van der Waals surface area (Å²) < 4.78 is 5.72. The highest BCUT2D eigenvalue weighted by atomic mass is 79.9. The van der Waals surface area contributed by atoms with Gasteiger partial charge in [-0.1, -0.05) is 48.0 Å². The van der Waals surface area contributed by atoms with Crippen molar-refractivity contribution in [2.45, 2.75) is 32.4 Å². The van der Waals surface area contributed by atoms with E-state index in [0.717, 1.165) is 26.5 Å². The van der Waals surface area contributed by atoms with Crippen LogP contribution in [0.15, 0.2) is 47.1 Å². The van der Waals surface area contributed by atoms with E-state index in [2.05, 4.69) is 61.5 Å². The number of methoxy groups -OCH3 is 1. The minimum absolute atomic E-state index is 0.154. The molecule has 2 amide bonds. The van der Waals surface area contributed by atoms with Gasteiger partial charge in [-0.15, -0.1) is 0 Å². The van der Waals surface area contributed by atoms with Crippen molar-refractivity contribution in [1.82, 2.24) is 20.2 Å². The van der Waals surface area contributed by atoms with Crippen LogP contribution in [0.3, 0.4) is 0 Å². The number of rotatable bonds is 5. The number of hydrogen-bond acceptors (Lipinski definition) is 5. The van der Waals surface area contributed by atoms with Crippen molar-refractivity contribution in [2.24, 2.45) is 11.8 Å². The number of nitrogens with zero attached hydrogens (tertiary/aromatic N) is 3. The first-order valence-corrected chi connectivity index (χ1v) is 11.9. The fourth-order valence-electron chi connectivity index (χ4n) is 4.35. The second kappa shape index (κ2) is 9.85. The average molecular weight is 524 g/mol. The van der Waals surface area contributed by atoms with Crippen LogP contribution in [-0.2, 0) is 9.53 Å². The molecule has 1 saturated heterocycles. The molecule has 0 aliphatic carbocycles. The number of alkyl carbamates (subject to hydrolysis) is 1. The summed E-state index contributed by atoms with van der Waals surface area (Å²) in [5, 5.41) is 14.4. The first kappa shape index (κ1) is 23.8. The van der Waals surface area contributed by atoms with Gasteiger partial charge in [-0.05, 0) is 41.3 Å². The quantitative estimate of drug-likeness (QED) is 0.499. The van der Waals surface area contributed by atoms with E-state index in [0.29, 0.717) is 12.2 Å². The number of H-pyrrole nitrogens is 1. The van der Waals surface area contributed by atoms with Crippen molar-refractivity contribution in [2.75, 3.05) is 13.7 Å². The lowest BCUT2D eigenvalue weighted by Gasteiger charge is -2.29. The summed E-state index contributed by atoms with van der Waals surface area (Å²) in [5.41, 5.74) is 1.81. The topological polar surface area (TPSA) is 111 Å². The number of aromatic nitrogens is 2. The van der Waals surface area contributed by atoms with Crippen LogP contribution in [0.1, 0.15) is 32.1 Å². The zero-order chi connectivity index (χ0) is 24.4. The number of nitriles is 1. The molecule has 1 aliphatic rings. The minimum atomic E-state index is -0.762. The van der Waals surface area contributed by atoms with Gasteiger partial charge in [0.2, 0.25) is 5.91 Å². The maximum atomic E-state index is 13.4. The van der Waals surface area contributed by atoms with Crippen LogP contribution in [0.4, 0.5) is 4.79 Å². The molecule has 1 fully saturated rings. The largest absolute Gasteiger partial charge is 0.453 e. The van der Waals surface area contributed by atoms with E-state index in [-0.39, 0.29) is 30.3 Å². The SMILES string of the molecule is COC(=O)NC(C(=O)N1CC(C#N)CC1c1ncc(-c2ccc3cc(Br)ccc3c2)[nH]1)C(C)C. The Morgan fingerprint density at radius 3 is 2.71 bits per heavy atom. The molecule has 2 N–H and O–H groups in total. The molecule has 8 nitrogen and oxygen atoms in total. The summed E-state index contributed by atoms with van der Waals surface area (Å²) in [5.74, 6) is -0.0966. The van der Waals surface area contributed by atoms with Crippen LogP contribution >= 0.6 is 15.9 Å². The lowest BCUT2D eigenvalue weighted by atomic mass is 10.0. The van der Waals surface area contributed by atoms with Crippen molar-refractivity contribution < 1.29 is 14.3 Å². The number of fused-ring (bicyclic) bond motifs is 1. The number of halogens is 1. The molecule has 2 heterocycles. The number of carbonyl (C=O) groups excluding carboxylic acids is 2. The lowest BCUT2D eigenvalue weighted by Crippen LogP contribution is -2.51. The van der Waals surface area contributed by atoms with Crippen molar-refractivity contribution in [1.29, 1.82) is 5.26 Å². The molecular weight excluding hydrogens is 498 g/mol. The van der Waals surface area contributed by atoms with Crippen molar-refractivity contribution in [3.8, 4) is 17.3 Å². The smallest absolute Gasteiger partial charge is 0.407 e. The van der Waals surface area contributed by atoms with Crippen molar-refractivity contribution >= 4 is 38.7 Å². The molecule has 3 aromatic rings. The van der Waals surface area contributed by atoms with E-state index in [1.54, 1.807) is 11.1 Å². The van der Waals surface area contributed by atoms with Crippen LogP contribution in [0.5, 0.6) is 0 Å². The molecule has 2 aromatic carbocycles. The van der Waals surface area contributed by atoms with Crippen LogP contribution < -0.4 is 5.32 Å². The zero-order valence-corrected chi connectivity index (χ0v) is 20.8. The van der Waals surface area contributed by atoms with Gasteiger partial charge in [-0.2, -0.15) is 5.26 Å². The number of likely N-dealkylation sites (tertiary alicyclic amines) is 1. The van der Waals surface area contributed by atoms with Gasteiger partial charge in [0.05, 0.1) is 37.0 Å². The van der Waals surface area contributed by atoms with Gasteiger partial charge < -0.3 is 19.9 Å². The number of ether oxygens (including phenoxy) is 1. The van der Waals surface area contributed by atoms with Gasteiger partial charge in [-0.25, -0.2) is 9.78 Å². The lowest BCUT2D eigenvalue weighted by molar-refractivity contribution is -0.135. The Bertz CT molecular complexity index is 1260. The number of benzene rings is 2. The normalized spacial score (nSPS) is 18.6. The van der Waals surface area contributed by atoms with Crippen LogP contribution in [0.2, 0.25) is 0 Å². The van der Waals surface area contributed by atoms with E-state index in [9.17, 15) is 14.9 Å². The molecular formula is C25H26BrN5O3. The maximum Gasteiger partial charge on any atom is 0.407 e. The molecule has 9 heteroatoms. The first-order valence-electron chi connectivity index (χ1n) is 11.1. The highest BCUT2D eigenvalue weighted by Crippen LogP contribution is 2.36. The van der Waals surface area contributed by atoms with E-state index in [1.807, 2.05) is 26.0 Å². The molecule has 3 atom stereocenters. The van der Waals surface area contributed by atoms with E-state index >= 15 is 0 Å². The Labute approximate surface area is 206 Å². The Morgan fingerprint density at radius 1 is 1.26 bits per heavy atom. The second-order valence-electron chi connectivity index (χ2n) is 8.81. The van der Waals surface area contributed by atoms with Crippen LogP contribution in [-0.4, -0.2) is 46.6 Å². The number of carbonyl (C=O) groups is 2. The summed E-state index contributed by atoms with van der Waals surface area (Å²) in [6.45, 7) is 4.00. The third-order valence-electron chi connectivity index (χ3n) is 6.18. The van der Waals surface area contributed by atoms with Gasteiger partial charge in [0, 0.05) is 16.6 Å². The van der Waals surface area contributed by atoms with Gasteiger partial charge in [0.1, 0.15) is 11.9 Å². The summed E-state index contributed by atoms with van der Waals surface area (Å²) >= 11 is 3.50. The minimum Gasteiger partial charge on any atom is -0.453 e. The number of amides is 2. The summed E-state index contributed by atoms with van der Waals surface area (Å²) in [6, 6.07) is 13.4. The Kier molecular flexibility index (Phi) is 6.89. The van der Waals surface area contributed by atoms with Gasteiger partial charge in [0.15, 0.2) is 0 Å². The molecule has 0 bridgehead atoms. The highest BCUT2D eigenvalue weighted by molar-refractivity contribution is 9.10. The first-order chi connectivity index (χ1) is 16.3. The predicted molar refractivity (Wildman–Crippen MR) is 132 cm³/mol. The molecule has 0 spiro atoms. The zero-order valence-electron chi connectivity index (χ0n) is 19.2. The molecule has 1 aromatic heterocycles. The van der Waals surface area contributed by atoms with E-state index < -0.39 is 12.1 Å². The number of hydrogen-bond donors (Lipinski definition) is 2. The van der Waals surface area contributed by atoms with Crippen molar-refractivity contribution in [3.63, 3.8) is 0 Å². The predicted octanol–water partition coefficient (Wildman–Crippen LogP) is 4.79. The van der Waals surface area contributed by atoms with E-state index in [1.165, 1.54) is 7.11 Å². The summed E-state index contributed by atoms with van der Waals surface area (Å²) in [6.07, 6.45) is 1.57. The Morgan fingerprint density at radius 2 is 2.00 bits per heavy atom. The molecule has 0 radical (unpaired) electrons. The third kappa shape index (κ3) is 4.77. The van der Waals surface area contributed by atoms with E-state index in [4.69, 9.17) is 4.74 Å².